The van der Waals surface area contributed by atoms with Crippen LogP contribution >= 0.6 is 11.8 Å². The minimum Gasteiger partial charge on any atom is -0.465 e. The third kappa shape index (κ3) is 3.77. The molecule has 0 aliphatic heterocycles. The van der Waals surface area contributed by atoms with Crippen molar-refractivity contribution in [3.63, 3.8) is 0 Å². The van der Waals surface area contributed by atoms with Crippen molar-refractivity contribution in [2.75, 3.05) is 18.9 Å². The van der Waals surface area contributed by atoms with E-state index >= 15 is 0 Å². The Kier molecular flexibility index (Phi) is 5.64. The zero-order chi connectivity index (χ0) is 15.3. The van der Waals surface area contributed by atoms with Gasteiger partial charge in [0.2, 0.25) is 0 Å². The topological polar surface area (TPSA) is 69.0 Å². The van der Waals surface area contributed by atoms with Crippen molar-refractivity contribution in [3.05, 3.63) is 6.33 Å². The molecule has 0 aromatic carbocycles. The van der Waals surface area contributed by atoms with Crippen LogP contribution in [0.1, 0.15) is 33.1 Å². The first-order valence-corrected chi connectivity index (χ1v) is 8.51. The van der Waals surface area contributed by atoms with Gasteiger partial charge in [0.1, 0.15) is 11.9 Å². The molecule has 0 saturated heterocycles. The van der Waals surface area contributed by atoms with E-state index in [4.69, 9.17) is 4.74 Å². The van der Waals surface area contributed by atoms with Crippen LogP contribution in [0.5, 0.6) is 0 Å². The first kappa shape index (κ1) is 16.3. The molecule has 1 aromatic heterocycles. The Bertz CT molecular complexity index is 475. The summed E-state index contributed by atoms with van der Waals surface area (Å²) in [5.74, 6) is 0.864. The van der Waals surface area contributed by atoms with Crippen molar-refractivity contribution in [3.8, 4) is 0 Å². The van der Waals surface area contributed by atoms with Crippen molar-refractivity contribution in [2.24, 2.45) is 13.0 Å². The lowest BCUT2D eigenvalue weighted by Crippen LogP contribution is -2.57. The number of ether oxygens (including phenoxy) is 1. The number of hydrogen-bond donors (Lipinski definition) is 1. The van der Waals surface area contributed by atoms with Gasteiger partial charge in [-0.05, 0) is 38.6 Å². The number of carbonyl (C=O) groups excluding carboxylic acids is 1. The molecule has 1 aliphatic carbocycles. The molecule has 1 atom stereocenters. The van der Waals surface area contributed by atoms with Gasteiger partial charge in [0, 0.05) is 12.8 Å². The van der Waals surface area contributed by atoms with Crippen molar-refractivity contribution in [1.29, 1.82) is 0 Å². The Hall–Kier alpha value is -1.08. The van der Waals surface area contributed by atoms with Gasteiger partial charge in [-0.15, -0.1) is 0 Å². The van der Waals surface area contributed by atoms with Gasteiger partial charge >= 0.3 is 5.97 Å². The number of nitrogens with zero attached hydrogens (tertiary/aromatic N) is 3. The summed E-state index contributed by atoms with van der Waals surface area (Å²) in [5.41, 5.74) is -0.595. The molecule has 1 N–H and O–H groups in total. The molecule has 21 heavy (non-hydrogen) atoms. The Labute approximate surface area is 130 Å². The van der Waals surface area contributed by atoms with Gasteiger partial charge in [-0.25, -0.2) is 9.67 Å². The Balaban J connectivity index is 2.12. The molecule has 1 aliphatic rings. The highest BCUT2D eigenvalue weighted by molar-refractivity contribution is 7.99. The maximum absolute atomic E-state index is 12.6. The van der Waals surface area contributed by atoms with E-state index in [1.165, 1.54) is 6.33 Å². The molecule has 1 fully saturated rings. The number of carbonyl (C=O) groups is 1. The predicted molar refractivity (Wildman–Crippen MR) is 82.1 cm³/mol. The largest absolute Gasteiger partial charge is 0.465 e. The van der Waals surface area contributed by atoms with Gasteiger partial charge in [-0.1, -0.05) is 18.7 Å². The Morgan fingerprint density at radius 3 is 2.86 bits per heavy atom. The highest BCUT2D eigenvalue weighted by Gasteiger charge is 2.51. The van der Waals surface area contributed by atoms with Gasteiger partial charge < -0.3 is 10.1 Å². The maximum Gasteiger partial charge on any atom is 0.327 e. The lowest BCUT2D eigenvalue weighted by Gasteiger charge is -2.32. The molecule has 1 unspecified atom stereocenters. The highest BCUT2D eigenvalue weighted by atomic mass is 32.2. The average Bonchev–Trinajstić information content (AvgIpc) is 3.24. The monoisotopic (exact) mass is 312 g/mol. The van der Waals surface area contributed by atoms with Crippen molar-refractivity contribution in [1.82, 2.24) is 20.1 Å². The van der Waals surface area contributed by atoms with Gasteiger partial charge in [-0.2, -0.15) is 5.10 Å². The zero-order valence-corrected chi connectivity index (χ0v) is 13.8. The molecule has 0 radical (unpaired) electrons. The quantitative estimate of drug-likeness (QED) is 0.552. The lowest BCUT2D eigenvalue weighted by molar-refractivity contribution is -0.151. The number of esters is 1. The van der Waals surface area contributed by atoms with Gasteiger partial charge in [0.15, 0.2) is 5.16 Å². The van der Waals surface area contributed by atoms with Crippen LogP contribution in [0.4, 0.5) is 0 Å². The van der Waals surface area contributed by atoms with E-state index in [1.54, 1.807) is 16.4 Å². The summed E-state index contributed by atoms with van der Waals surface area (Å²) in [6.45, 7) is 5.18. The molecular formula is C14H24N4O2S. The SMILES string of the molecule is CCCNC(CSc1ncnn1C)(C(=O)OCC)C1CC1. The second kappa shape index (κ2) is 7.26. The standard InChI is InChI=1S/C14H24N4O2S/c1-4-8-16-14(11-6-7-11,12(19)20-5-2)9-21-13-15-10-17-18(13)3/h10-11,16H,4-9H2,1-3H3. The number of aryl methyl sites for hydroxylation is 1. The van der Waals surface area contributed by atoms with Crippen LogP contribution in [0.15, 0.2) is 11.5 Å². The fourth-order valence-electron chi connectivity index (χ4n) is 2.39. The summed E-state index contributed by atoms with van der Waals surface area (Å²) in [7, 11) is 1.86. The van der Waals surface area contributed by atoms with Crippen molar-refractivity contribution >= 4 is 17.7 Å². The van der Waals surface area contributed by atoms with E-state index in [-0.39, 0.29) is 5.97 Å². The third-order valence-corrected chi connectivity index (χ3v) is 4.93. The molecule has 1 aromatic rings. The average molecular weight is 312 g/mol. The lowest BCUT2D eigenvalue weighted by atomic mass is 9.95. The number of aromatic nitrogens is 3. The van der Waals surface area contributed by atoms with Crippen LogP contribution in [0.3, 0.4) is 0 Å². The molecule has 2 rings (SSSR count). The van der Waals surface area contributed by atoms with Crippen LogP contribution in [0, 0.1) is 5.92 Å². The summed E-state index contributed by atoms with van der Waals surface area (Å²) in [5, 5.41) is 8.35. The minimum absolute atomic E-state index is 0.129. The van der Waals surface area contributed by atoms with Crippen LogP contribution in [0.2, 0.25) is 0 Å². The van der Waals surface area contributed by atoms with Crippen molar-refractivity contribution in [2.45, 2.75) is 43.8 Å². The first-order valence-electron chi connectivity index (χ1n) is 7.53. The molecule has 0 amide bonds. The Morgan fingerprint density at radius 2 is 2.33 bits per heavy atom. The van der Waals surface area contributed by atoms with Gasteiger partial charge in [0.25, 0.3) is 0 Å². The normalized spacial score (nSPS) is 17.5. The van der Waals surface area contributed by atoms with Crippen LogP contribution < -0.4 is 5.32 Å². The number of rotatable bonds is 9. The van der Waals surface area contributed by atoms with Gasteiger partial charge in [0.05, 0.1) is 6.61 Å². The summed E-state index contributed by atoms with van der Waals surface area (Å²) < 4.78 is 7.08. The molecule has 6 nitrogen and oxygen atoms in total. The fraction of sp³-hybridized carbons (Fsp3) is 0.786. The summed E-state index contributed by atoms with van der Waals surface area (Å²) >= 11 is 1.56. The van der Waals surface area contributed by atoms with E-state index in [1.807, 2.05) is 14.0 Å². The van der Waals surface area contributed by atoms with Crippen LogP contribution in [0.25, 0.3) is 0 Å². The maximum atomic E-state index is 12.6. The molecule has 1 heterocycles. The molecule has 0 bridgehead atoms. The van der Waals surface area contributed by atoms with Crippen molar-refractivity contribution < 1.29 is 9.53 Å². The molecular weight excluding hydrogens is 288 g/mol. The Morgan fingerprint density at radius 1 is 1.57 bits per heavy atom. The van der Waals surface area contributed by atoms with E-state index in [9.17, 15) is 4.79 Å². The summed E-state index contributed by atoms with van der Waals surface area (Å²) in [6.07, 6.45) is 4.68. The second-order valence-electron chi connectivity index (χ2n) is 5.35. The number of hydrogen-bond acceptors (Lipinski definition) is 6. The molecule has 7 heteroatoms. The van der Waals surface area contributed by atoms with E-state index in [2.05, 4.69) is 22.3 Å². The first-order chi connectivity index (χ1) is 10.1. The zero-order valence-electron chi connectivity index (χ0n) is 13.0. The van der Waals surface area contributed by atoms with E-state index in [0.29, 0.717) is 18.3 Å². The number of nitrogens with one attached hydrogen (secondary N) is 1. The fourth-order valence-corrected chi connectivity index (χ4v) is 3.56. The van der Waals surface area contributed by atoms with E-state index in [0.717, 1.165) is 31.0 Å². The van der Waals surface area contributed by atoms with E-state index < -0.39 is 5.54 Å². The summed E-state index contributed by atoms with van der Waals surface area (Å²) in [4.78, 5) is 16.8. The third-order valence-electron chi connectivity index (χ3n) is 3.70. The number of thioether (sulfide) groups is 1. The summed E-state index contributed by atoms with van der Waals surface area (Å²) in [6, 6.07) is 0. The molecule has 118 valence electrons. The molecule has 1 saturated carbocycles. The predicted octanol–water partition coefficient (Wildman–Crippen LogP) is 1.62. The highest BCUT2D eigenvalue weighted by Crippen LogP contribution is 2.43. The molecule has 0 spiro atoms. The minimum atomic E-state index is -0.595. The van der Waals surface area contributed by atoms with Crippen LogP contribution in [-0.2, 0) is 16.6 Å². The van der Waals surface area contributed by atoms with Crippen LogP contribution in [-0.4, -0.2) is 45.2 Å². The second-order valence-corrected chi connectivity index (χ2v) is 6.29. The van der Waals surface area contributed by atoms with Gasteiger partial charge in [-0.3, -0.25) is 4.79 Å². The smallest absolute Gasteiger partial charge is 0.327 e.